The molecule has 0 aliphatic heterocycles. The first-order valence-corrected chi connectivity index (χ1v) is 5.39. The Morgan fingerprint density at radius 3 is 2.77 bits per heavy atom. The van der Waals surface area contributed by atoms with E-state index in [1.54, 1.807) is 7.11 Å². The Hall–Kier alpha value is -0.500. The molecule has 0 heterocycles. The van der Waals surface area contributed by atoms with Gasteiger partial charge in [-0.05, 0) is 46.5 Å². The second-order valence-corrected chi connectivity index (χ2v) is 3.93. The number of hydrogen-bond donors (Lipinski definition) is 0. The lowest BCUT2D eigenvalue weighted by Crippen LogP contribution is -1.89. The van der Waals surface area contributed by atoms with Crippen LogP contribution in [0.2, 0.25) is 0 Å². The van der Waals surface area contributed by atoms with E-state index in [1.807, 2.05) is 6.07 Å². The Morgan fingerprint density at radius 1 is 1.38 bits per heavy atom. The highest BCUT2D eigenvalue weighted by Gasteiger charge is 2.00. The van der Waals surface area contributed by atoms with Gasteiger partial charge in [0.05, 0.1) is 11.6 Å². The van der Waals surface area contributed by atoms with Crippen LogP contribution in [0, 0.1) is 0 Å². The second kappa shape index (κ2) is 5.28. The zero-order valence-corrected chi connectivity index (χ0v) is 9.73. The highest BCUT2D eigenvalue weighted by molar-refractivity contribution is 9.10. The highest BCUT2D eigenvalue weighted by atomic mass is 79.9. The van der Waals surface area contributed by atoms with Crippen molar-refractivity contribution in [2.45, 2.75) is 26.2 Å². The first kappa shape index (κ1) is 10.6. The van der Waals surface area contributed by atoms with Gasteiger partial charge in [-0.3, -0.25) is 0 Å². The van der Waals surface area contributed by atoms with Crippen molar-refractivity contribution in [3.05, 3.63) is 28.2 Å². The van der Waals surface area contributed by atoms with Gasteiger partial charge in [0, 0.05) is 0 Å². The lowest BCUT2D eigenvalue weighted by molar-refractivity contribution is 0.411. The minimum Gasteiger partial charge on any atom is -0.496 e. The second-order valence-electron chi connectivity index (χ2n) is 3.07. The van der Waals surface area contributed by atoms with Crippen LogP contribution in [0.1, 0.15) is 25.3 Å². The molecule has 13 heavy (non-hydrogen) atoms. The van der Waals surface area contributed by atoms with Gasteiger partial charge in [0.2, 0.25) is 0 Å². The normalized spacial score (nSPS) is 10.1. The quantitative estimate of drug-likeness (QED) is 0.781. The number of rotatable bonds is 4. The van der Waals surface area contributed by atoms with Crippen LogP contribution in [0.5, 0.6) is 5.75 Å². The molecule has 1 aromatic rings. The van der Waals surface area contributed by atoms with Crippen LogP contribution in [-0.4, -0.2) is 7.11 Å². The van der Waals surface area contributed by atoms with Gasteiger partial charge in [-0.1, -0.05) is 19.4 Å². The molecule has 0 radical (unpaired) electrons. The standard InChI is InChI=1S/C11H15BrO/c1-3-4-5-9-6-7-10(12)11(8-9)13-2/h6-8H,3-5H2,1-2H3. The van der Waals surface area contributed by atoms with Crippen LogP contribution in [0.3, 0.4) is 0 Å². The van der Waals surface area contributed by atoms with Crippen molar-refractivity contribution in [2.24, 2.45) is 0 Å². The molecule has 0 aliphatic rings. The first-order valence-electron chi connectivity index (χ1n) is 4.60. The number of hydrogen-bond acceptors (Lipinski definition) is 1. The van der Waals surface area contributed by atoms with Crippen LogP contribution in [0.15, 0.2) is 22.7 Å². The van der Waals surface area contributed by atoms with E-state index in [0.29, 0.717) is 0 Å². The largest absolute Gasteiger partial charge is 0.496 e. The van der Waals surface area contributed by atoms with Crippen molar-refractivity contribution in [3.63, 3.8) is 0 Å². The Kier molecular flexibility index (Phi) is 4.29. The van der Waals surface area contributed by atoms with Crippen LogP contribution < -0.4 is 4.74 Å². The van der Waals surface area contributed by atoms with E-state index < -0.39 is 0 Å². The molecule has 0 aromatic heterocycles. The average molecular weight is 243 g/mol. The lowest BCUT2D eigenvalue weighted by Gasteiger charge is -2.05. The SMILES string of the molecule is CCCCc1ccc(Br)c(OC)c1. The molecule has 0 fully saturated rings. The van der Waals surface area contributed by atoms with Crippen molar-refractivity contribution in [1.82, 2.24) is 0 Å². The Labute approximate surface area is 88.2 Å². The van der Waals surface area contributed by atoms with E-state index in [2.05, 4.69) is 35.0 Å². The number of methoxy groups -OCH3 is 1. The minimum atomic E-state index is 0.925. The molecule has 1 aromatic carbocycles. The van der Waals surface area contributed by atoms with E-state index in [9.17, 15) is 0 Å². The summed E-state index contributed by atoms with van der Waals surface area (Å²) in [6.45, 7) is 2.20. The molecular weight excluding hydrogens is 228 g/mol. The predicted molar refractivity (Wildman–Crippen MR) is 59.3 cm³/mol. The molecular formula is C11H15BrO. The highest BCUT2D eigenvalue weighted by Crippen LogP contribution is 2.26. The molecule has 0 bridgehead atoms. The fourth-order valence-corrected chi connectivity index (χ4v) is 1.65. The summed E-state index contributed by atoms with van der Waals surface area (Å²) >= 11 is 3.43. The van der Waals surface area contributed by atoms with Crippen molar-refractivity contribution >= 4 is 15.9 Å². The van der Waals surface area contributed by atoms with Crippen molar-refractivity contribution < 1.29 is 4.74 Å². The van der Waals surface area contributed by atoms with E-state index >= 15 is 0 Å². The van der Waals surface area contributed by atoms with E-state index in [4.69, 9.17) is 4.74 Å². The predicted octanol–water partition coefficient (Wildman–Crippen LogP) is 3.80. The topological polar surface area (TPSA) is 9.23 Å². The van der Waals surface area contributed by atoms with E-state index in [-0.39, 0.29) is 0 Å². The summed E-state index contributed by atoms with van der Waals surface area (Å²) in [7, 11) is 1.70. The number of ether oxygens (including phenoxy) is 1. The van der Waals surface area contributed by atoms with Crippen LogP contribution in [0.4, 0.5) is 0 Å². The fourth-order valence-electron chi connectivity index (χ4n) is 1.24. The molecule has 1 rings (SSSR count). The molecule has 0 amide bonds. The van der Waals surface area contributed by atoms with Gasteiger partial charge in [-0.15, -0.1) is 0 Å². The summed E-state index contributed by atoms with van der Waals surface area (Å²) in [4.78, 5) is 0. The maximum atomic E-state index is 5.22. The van der Waals surface area contributed by atoms with Gasteiger partial charge < -0.3 is 4.74 Å². The van der Waals surface area contributed by atoms with Gasteiger partial charge in [0.15, 0.2) is 0 Å². The molecule has 0 unspecified atom stereocenters. The Bertz CT molecular complexity index is 271. The maximum absolute atomic E-state index is 5.22. The molecule has 0 atom stereocenters. The molecule has 1 nitrogen and oxygen atoms in total. The monoisotopic (exact) mass is 242 g/mol. The average Bonchev–Trinajstić information content (AvgIpc) is 2.16. The summed E-state index contributed by atoms with van der Waals surface area (Å²) in [6, 6.07) is 6.28. The summed E-state index contributed by atoms with van der Waals surface area (Å²) in [5.74, 6) is 0.925. The Balaban J connectivity index is 2.74. The molecule has 0 aliphatic carbocycles. The third kappa shape index (κ3) is 3.03. The third-order valence-electron chi connectivity index (χ3n) is 2.03. The minimum absolute atomic E-state index is 0.925. The first-order chi connectivity index (χ1) is 6.27. The van der Waals surface area contributed by atoms with Gasteiger partial charge in [-0.2, -0.15) is 0 Å². The molecule has 0 saturated heterocycles. The maximum Gasteiger partial charge on any atom is 0.133 e. The molecule has 72 valence electrons. The van der Waals surface area contributed by atoms with E-state index in [0.717, 1.165) is 16.6 Å². The molecule has 2 heteroatoms. The van der Waals surface area contributed by atoms with Crippen molar-refractivity contribution in [1.29, 1.82) is 0 Å². The van der Waals surface area contributed by atoms with Gasteiger partial charge in [0.1, 0.15) is 5.75 Å². The van der Waals surface area contributed by atoms with Gasteiger partial charge in [-0.25, -0.2) is 0 Å². The molecule has 0 saturated carbocycles. The van der Waals surface area contributed by atoms with Crippen molar-refractivity contribution in [3.8, 4) is 5.75 Å². The fraction of sp³-hybridized carbons (Fsp3) is 0.455. The van der Waals surface area contributed by atoms with Crippen LogP contribution in [-0.2, 0) is 6.42 Å². The molecule has 0 spiro atoms. The number of aryl methyl sites for hydroxylation is 1. The molecule has 0 N–H and O–H groups in total. The van der Waals surface area contributed by atoms with Gasteiger partial charge >= 0.3 is 0 Å². The van der Waals surface area contributed by atoms with Crippen molar-refractivity contribution in [2.75, 3.05) is 7.11 Å². The summed E-state index contributed by atoms with van der Waals surface area (Å²) < 4.78 is 6.24. The summed E-state index contributed by atoms with van der Waals surface area (Å²) in [5, 5.41) is 0. The summed E-state index contributed by atoms with van der Waals surface area (Å²) in [5.41, 5.74) is 1.35. The van der Waals surface area contributed by atoms with Crippen LogP contribution >= 0.6 is 15.9 Å². The van der Waals surface area contributed by atoms with Gasteiger partial charge in [0.25, 0.3) is 0 Å². The number of halogens is 1. The number of benzene rings is 1. The zero-order valence-electron chi connectivity index (χ0n) is 8.14. The van der Waals surface area contributed by atoms with Crippen LogP contribution in [0.25, 0.3) is 0 Å². The lowest BCUT2D eigenvalue weighted by atomic mass is 10.1. The zero-order chi connectivity index (χ0) is 9.68. The Morgan fingerprint density at radius 2 is 2.15 bits per heavy atom. The smallest absolute Gasteiger partial charge is 0.133 e. The third-order valence-corrected chi connectivity index (χ3v) is 2.69. The van der Waals surface area contributed by atoms with E-state index in [1.165, 1.54) is 18.4 Å². The summed E-state index contributed by atoms with van der Waals surface area (Å²) in [6.07, 6.45) is 3.61. The number of unbranched alkanes of at least 4 members (excludes halogenated alkanes) is 1.